The molecule has 1 aliphatic heterocycles. The summed E-state index contributed by atoms with van der Waals surface area (Å²) in [4.78, 5) is 24.0. The highest BCUT2D eigenvalue weighted by atomic mass is 79.9. The lowest BCUT2D eigenvalue weighted by atomic mass is 9.94. The SMILES string of the molecule is CC1(OCC(=O)O)CN(c2cccc(Br)c2C(N)=O)C1. The van der Waals surface area contributed by atoms with Crippen LogP contribution in [-0.4, -0.2) is 42.3 Å². The standard InChI is InChI=1S/C13H15BrN2O4/c1-13(20-5-10(17)18)6-16(7-13)9-4-2-3-8(14)11(9)12(15)19/h2-4H,5-7H2,1H3,(H2,15,19)(H,17,18). The molecule has 108 valence electrons. The van der Waals surface area contributed by atoms with E-state index < -0.39 is 17.5 Å². The van der Waals surface area contributed by atoms with Crippen LogP contribution in [0.2, 0.25) is 0 Å². The Bertz CT molecular complexity index is 555. The van der Waals surface area contributed by atoms with Crippen molar-refractivity contribution in [1.29, 1.82) is 0 Å². The van der Waals surface area contributed by atoms with Crippen LogP contribution in [0.25, 0.3) is 0 Å². The minimum absolute atomic E-state index is 0.328. The molecule has 7 heteroatoms. The summed E-state index contributed by atoms with van der Waals surface area (Å²) in [6.07, 6.45) is 0. The predicted molar refractivity (Wildman–Crippen MR) is 76.9 cm³/mol. The van der Waals surface area contributed by atoms with Gasteiger partial charge in [-0.3, -0.25) is 4.79 Å². The molecule has 0 atom stereocenters. The smallest absolute Gasteiger partial charge is 0.329 e. The fraction of sp³-hybridized carbons (Fsp3) is 0.385. The Morgan fingerprint density at radius 2 is 2.15 bits per heavy atom. The van der Waals surface area contributed by atoms with Crippen LogP contribution in [0.3, 0.4) is 0 Å². The van der Waals surface area contributed by atoms with Crippen LogP contribution in [0.4, 0.5) is 5.69 Å². The molecule has 6 nitrogen and oxygen atoms in total. The average molecular weight is 343 g/mol. The third kappa shape index (κ3) is 2.94. The van der Waals surface area contributed by atoms with E-state index in [4.69, 9.17) is 15.6 Å². The second kappa shape index (κ2) is 5.41. The second-order valence-corrected chi connectivity index (χ2v) is 5.84. The molecule has 0 aliphatic carbocycles. The summed E-state index contributed by atoms with van der Waals surface area (Å²) in [6.45, 7) is 2.54. The third-order valence-electron chi connectivity index (χ3n) is 3.17. The predicted octanol–water partition coefficient (Wildman–Crippen LogP) is 1.23. The number of halogens is 1. The van der Waals surface area contributed by atoms with Gasteiger partial charge in [0, 0.05) is 17.6 Å². The maximum absolute atomic E-state index is 11.5. The van der Waals surface area contributed by atoms with Crippen molar-refractivity contribution in [2.45, 2.75) is 12.5 Å². The Morgan fingerprint density at radius 1 is 1.50 bits per heavy atom. The van der Waals surface area contributed by atoms with E-state index in [2.05, 4.69) is 15.9 Å². The summed E-state index contributed by atoms with van der Waals surface area (Å²) in [5, 5.41) is 8.63. The van der Waals surface area contributed by atoms with Gasteiger partial charge in [0.15, 0.2) is 0 Å². The van der Waals surface area contributed by atoms with Gasteiger partial charge in [-0.25, -0.2) is 4.79 Å². The fourth-order valence-electron chi connectivity index (χ4n) is 2.28. The summed E-state index contributed by atoms with van der Waals surface area (Å²) in [7, 11) is 0. The van der Waals surface area contributed by atoms with Crippen molar-refractivity contribution in [3.63, 3.8) is 0 Å². The molecule has 0 unspecified atom stereocenters. The third-order valence-corrected chi connectivity index (χ3v) is 3.83. The number of ether oxygens (including phenoxy) is 1. The molecule has 1 amide bonds. The van der Waals surface area contributed by atoms with Crippen molar-refractivity contribution in [3.8, 4) is 0 Å². The van der Waals surface area contributed by atoms with Crippen molar-refractivity contribution in [2.24, 2.45) is 5.73 Å². The summed E-state index contributed by atoms with van der Waals surface area (Å²) >= 11 is 3.31. The molecule has 1 saturated heterocycles. The highest BCUT2D eigenvalue weighted by molar-refractivity contribution is 9.10. The first-order valence-corrected chi connectivity index (χ1v) is 6.81. The zero-order chi connectivity index (χ0) is 14.9. The number of carboxylic acids is 1. The van der Waals surface area contributed by atoms with E-state index in [1.165, 1.54) is 0 Å². The maximum Gasteiger partial charge on any atom is 0.329 e. The molecule has 1 aliphatic rings. The lowest BCUT2D eigenvalue weighted by molar-refractivity contribution is -0.150. The number of amides is 1. The lowest BCUT2D eigenvalue weighted by Crippen LogP contribution is -2.62. The maximum atomic E-state index is 11.5. The van der Waals surface area contributed by atoms with Gasteiger partial charge < -0.3 is 20.5 Å². The summed E-state index contributed by atoms with van der Waals surface area (Å²) in [6, 6.07) is 5.38. The molecule has 1 aromatic rings. The highest BCUT2D eigenvalue weighted by Crippen LogP contribution is 2.35. The van der Waals surface area contributed by atoms with E-state index >= 15 is 0 Å². The molecule has 0 saturated carbocycles. The Balaban J connectivity index is 2.11. The number of benzene rings is 1. The van der Waals surface area contributed by atoms with Gasteiger partial charge in [-0.15, -0.1) is 0 Å². The number of hydrogen-bond donors (Lipinski definition) is 2. The summed E-state index contributed by atoms with van der Waals surface area (Å²) in [5.74, 6) is -1.50. The van der Waals surface area contributed by atoms with E-state index in [1.54, 1.807) is 6.07 Å². The topological polar surface area (TPSA) is 92.9 Å². The normalized spacial score (nSPS) is 16.6. The van der Waals surface area contributed by atoms with Crippen LogP contribution in [0, 0.1) is 0 Å². The van der Waals surface area contributed by atoms with Crippen molar-refractivity contribution in [2.75, 3.05) is 24.6 Å². The van der Waals surface area contributed by atoms with Crippen molar-refractivity contribution in [3.05, 3.63) is 28.2 Å². The summed E-state index contributed by atoms with van der Waals surface area (Å²) < 4.78 is 5.98. The molecule has 1 heterocycles. The molecule has 1 aromatic carbocycles. The molecule has 0 aromatic heterocycles. The van der Waals surface area contributed by atoms with Crippen molar-refractivity contribution < 1.29 is 19.4 Å². The quantitative estimate of drug-likeness (QED) is 0.839. The molecule has 0 radical (unpaired) electrons. The van der Waals surface area contributed by atoms with Gasteiger partial charge in [0.2, 0.25) is 0 Å². The number of carboxylic acid groups (broad SMARTS) is 1. The molecular weight excluding hydrogens is 328 g/mol. The molecular formula is C13H15BrN2O4. The largest absolute Gasteiger partial charge is 0.480 e. The van der Waals surface area contributed by atoms with Crippen LogP contribution in [0.5, 0.6) is 0 Å². The first-order chi connectivity index (χ1) is 9.32. The van der Waals surface area contributed by atoms with Crippen LogP contribution in [0.1, 0.15) is 17.3 Å². The van der Waals surface area contributed by atoms with E-state index in [0.29, 0.717) is 23.1 Å². The Morgan fingerprint density at radius 3 is 2.70 bits per heavy atom. The van der Waals surface area contributed by atoms with Crippen LogP contribution in [0.15, 0.2) is 22.7 Å². The average Bonchev–Trinajstić information content (AvgIpc) is 2.32. The second-order valence-electron chi connectivity index (χ2n) is 4.99. The van der Waals surface area contributed by atoms with Crippen LogP contribution >= 0.6 is 15.9 Å². The zero-order valence-corrected chi connectivity index (χ0v) is 12.5. The number of rotatable bonds is 5. The molecule has 1 fully saturated rings. The molecule has 3 N–H and O–H groups in total. The highest BCUT2D eigenvalue weighted by Gasteiger charge is 2.41. The van der Waals surface area contributed by atoms with E-state index in [9.17, 15) is 9.59 Å². The molecule has 0 spiro atoms. The first kappa shape index (κ1) is 14.8. The number of hydrogen-bond acceptors (Lipinski definition) is 4. The molecule has 2 rings (SSSR count). The van der Waals surface area contributed by atoms with Crippen molar-refractivity contribution >= 4 is 33.5 Å². The Hall–Kier alpha value is -1.60. The number of aliphatic carboxylic acids is 1. The number of nitrogens with zero attached hydrogens (tertiary/aromatic N) is 1. The van der Waals surface area contributed by atoms with E-state index in [0.717, 1.165) is 5.69 Å². The Labute approximate surface area is 124 Å². The van der Waals surface area contributed by atoms with Gasteiger partial charge in [-0.1, -0.05) is 6.07 Å². The van der Waals surface area contributed by atoms with Gasteiger partial charge >= 0.3 is 5.97 Å². The first-order valence-electron chi connectivity index (χ1n) is 6.01. The number of nitrogens with two attached hydrogens (primary N) is 1. The minimum Gasteiger partial charge on any atom is -0.480 e. The van der Waals surface area contributed by atoms with Gasteiger partial charge in [-0.2, -0.15) is 0 Å². The summed E-state index contributed by atoms with van der Waals surface area (Å²) in [5.41, 5.74) is 6.02. The van der Waals surface area contributed by atoms with Gasteiger partial charge in [0.05, 0.1) is 11.3 Å². The number of anilines is 1. The van der Waals surface area contributed by atoms with E-state index in [-0.39, 0.29) is 6.61 Å². The van der Waals surface area contributed by atoms with Crippen LogP contribution in [-0.2, 0) is 9.53 Å². The minimum atomic E-state index is -0.995. The van der Waals surface area contributed by atoms with Gasteiger partial charge in [0.25, 0.3) is 5.91 Å². The monoisotopic (exact) mass is 342 g/mol. The number of primary amides is 1. The van der Waals surface area contributed by atoms with Crippen molar-refractivity contribution in [1.82, 2.24) is 0 Å². The number of carbonyl (C=O) groups excluding carboxylic acids is 1. The van der Waals surface area contributed by atoms with Gasteiger partial charge in [0.1, 0.15) is 12.2 Å². The number of carbonyl (C=O) groups is 2. The van der Waals surface area contributed by atoms with Crippen LogP contribution < -0.4 is 10.6 Å². The lowest BCUT2D eigenvalue weighted by Gasteiger charge is -2.49. The van der Waals surface area contributed by atoms with Gasteiger partial charge in [-0.05, 0) is 35.0 Å². The zero-order valence-electron chi connectivity index (χ0n) is 10.9. The Kier molecular flexibility index (Phi) is 4.01. The van der Waals surface area contributed by atoms with E-state index in [1.807, 2.05) is 24.0 Å². The molecule has 0 bridgehead atoms. The fourth-order valence-corrected chi connectivity index (χ4v) is 2.83. The molecule has 20 heavy (non-hydrogen) atoms.